The van der Waals surface area contributed by atoms with Gasteiger partial charge in [-0.15, -0.1) is 0 Å². The van der Waals surface area contributed by atoms with E-state index in [2.05, 4.69) is 24.7 Å². The third-order valence-electron chi connectivity index (χ3n) is 4.07. The molecule has 0 aliphatic rings. The molecule has 1 unspecified atom stereocenters. The van der Waals surface area contributed by atoms with Crippen LogP contribution < -0.4 is 10.5 Å². The molecule has 2 rings (SSSR count). The Kier molecular flexibility index (Phi) is 8.14. The summed E-state index contributed by atoms with van der Waals surface area (Å²) in [6.45, 7) is 10.1. The number of nitrogens with one attached hydrogen (secondary N) is 2. The number of carbonyl (C=O) groups is 2. The summed E-state index contributed by atoms with van der Waals surface area (Å²) in [5, 5.41) is 0. The minimum Gasteiger partial charge on any atom is -0.460 e. The Bertz CT molecular complexity index is 1090. The van der Waals surface area contributed by atoms with E-state index in [0.717, 1.165) is 0 Å². The first kappa shape index (κ1) is 26.6. The van der Waals surface area contributed by atoms with Crippen LogP contribution in [0.25, 0.3) is 11.2 Å². The maximum atomic E-state index is 12.9. The van der Waals surface area contributed by atoms with Crippen LogP contribution in [0.3, 0.4) is 0 Å². The lowest BCUT2D eigenvalue weighted by Crippen LogP contribution is -2.46. The van der Waals surface area contributed by atoms with E-state index in [-0.39, 0.29) is 18.5 Å². The Morgan fingerprint density at radius 2 is 1.73 bits per heavy atom. The number of carbonyl (C=O) groups excluding carboxylic acids is 2. The first-order valence-electron chi connectivity index (χ1n) is 10.4. The molecule has 0 saturated carbocycles. The molecule has 13 heteroatoms. The highest BCUT2D eigenvalue weighted by molar-refractivity contribution is 7.89. The molecular weight excluding hydrogens is 452 g/mol. The van der Waals surface area contributed by atoms with Gasteiger partial charge in [0.1, 0.15) is 29.1 Å². The highest BCUT2D eigenvalue weighted by atomic mass is 32.2. The smallest absolute Gasteiger partial charge is 0.324 e. The Balaban J connectivity index is 2.15. The monoisotopic (exact) mass is 484 g/mol. The van der Waals surface area contributed by atoms with Gasteiger partial charge >= 0.3 is 11.9 Å². The minimum atomic E-state index is -4.09. The van der Waals surface area contributed by atoms with E-state index in [4.69, 9.17) is 15.2 Å². The number of hydrogen-bond donors (Lipinski definition) is 3. The van der Waals surface area contributed by atoms with Gasteiger partial charge in [-0.2, -0.15) is 0 Å². The fraction of sp³-hybridized carbons (Fsp3) is 0.650. The van der Waals surface area contributed by atoms with E-state index in [0.29, 0.717) is 11.2 Å². The SMILES string of the molecule is CC(C)(C)OC(=O)CC[C@H](NS(=O)(=O)CC(N)c1ncnc2nc[nH]c12)C(=O)OC(C)(C)C. The van der Waals surface area contributed by atoms with E-state index < -0.39 is 51.0 Å². The normalized spacial score (nSPS) is 14.6. The van der Waals surface area contributed by atoms with Gasteiger partial charge in [0.05, 0.1) is 23.8 Å². The van der Waals surface area contributed by atoms with Crippen molar-refractivity contribution in [3.05, 3.63) is 18.3 Å². The van der Waals surface area contributed by atoms with Crippen molar-refractivity contribution in [1.29, 1.82) is 0 Å². The Hall–Kier alpha value is -2.64. The summed E-state index contributed by atoms with van der Waals surface area (Å²) in [6, 6.07) is -2.33. The molecule has 0 bridgehead atoms. The van der Waals surface area contributed by atoms with Crippen LogP contribution in [0.2, 0.25) is 0 Å². The number of nitrogens with zero attached hydrogens (tertiary/aromatic N) is 3. The van der Waals surface area contributed by atoms with Gasteiger partial charge in [0.2, 0.25) is 10.0 Å². The summed E-state index contributed by atoms with van der Waals surface area (Å²) in [4.78, 5) is 39.6. The van der Waals surface area contributed by atoms with E-state index in [1.54, 1.807) is 41.5 Å². The van der Waals surface area contributed by atoms with E-state index in [1.807, 2.05) is 0 Å². The van der Waals surface area contributed by atoms with E-state index >= 15 is 0 Å². The topological polar surface area (TPSA) is 179 Å². The molecule has 0 saturated heterocycles. The number of imidazole rings is 1. The summed E-state index contributed by atoms with van der Waals surface area (Å²) < 4.78 is 38.6. The molecule has 33 heavy (non-hydrogen) atoms. The van der Waals surface area contributed by atoms with Crippen molar-refractivity contribution in [1.82, 2.24) is 24.7 Å². The van der Waals surface area contributed by atoms with Gasteiger partial charge in [0, 0.05) is 6.42 Å². The zero-order chi connectivity index (χ0) is 25.0. The second-order valence-corrected chi connectivity index (χ2v) is 11.4. The number of nitrogens with two attached hydrogens (primary N) is 1. The highest BCUT2D eigenvalue weighted by Gasteiger charge is 2.32. The molecule has 4 N–H and O–H groups in total. The Morgan fingerprint density at radius 3 is 2.33 bits per heavy atom. The molecule has 0 fully saturated rings. The van der Waals surface area contributed by atoms with E-state index in [1.165, 1.54) is 12.7 Å². The van der Waals surface area contributed by atoms with E-state index in [9.17, 15) is 18.0 Å². The number of esters is 2. The number of rotatable bonds is 9. The zero-order valence-corrected chi connectivity index (χ0v) is 20.5. The van der Waals surface area contributed by atoms with Gasteiger partial charge < -0.3 is 20.2 Å². The molecule has 12 nitrogen and oxygen atoms in total. The van der Waals surface area contributed by atoms with Crippen molar-refractivity contribution in [2.24, 2.45) is 5.73 Å². The van der Waals surface area contributed by atoms with Crippen molar-refractivity contribution in [2.45, 2.75) is 77.7 Å². The quantitative estimate of drug-likeness (QED) is 0.436. The lowest BCUT2D eigenvalue weighted by molar-refractivity contribution is -0.158. The average Bonchev–Trinajstić information content (AvgIpc) is 3.10. The maximum absolute atomic E-state index is 12.9. The predicted octanol–water partition coefficient (Wildman–Crippen LogP) is 1.10. The summed E-state index contributed by atoms with van der Waals surface area (Å²) in [6.07, 6.45) is 2.31. The molecule has 2 aromatic heterocycles. The standard InChI is InChI=1S/C20H32N6O6S/c1-19(2,3)31-14(27)8-7-13(18(28)32-20(4,5)6)26-33(29,30)9-12(21)15-16-17(24-10-22-15)25-11-23-16/h10-13,26H,7-9,21H2,1-6H3,(H,22,23,24,25)/t12?,13-/m0/s1. The molecule has 0 aliphatic heterocycles. The second kappa shape index (κ2) is 10.1. The average molecular weight is 485 g/mol. The molecular formula is C20H32N6O6S. The number of aromatic amines is 1. The second-order valence-electron chi connectivity index (χ2n) is 9.58. The zero-order valence-electron chi connectivity index (χ0n) is 19.7. The summed E-state index contributed by atoms with van der Waals surface area (Å²) in [5.41, 5.74) is 5.59. The molecule has 0 spiro atoms. The predicted molar refractivity (Wildman–Crippen MR) is 120 cm³/mol. The fourth-order valence-electron chi connectivity index (χ4n) is 2.90. The number of ether oxygens (including phenoxy) is 2. The lowest BCUT2D eigenvalue weighted by atomic mass is 10.1. The van der Waals surface area contributed by atoms with Crippen LogP contribution in [-0.4, -0.2) is 63.3 Å². The van der Waals surface area contributed by atoms with Gasteiger partial charge in [-0.1, -0.05) is 0 Å². The molecule has 0 aliphatic carbocycles. The van der Waals surface area contributed by atoms with Gasteiger partial charge in [-0.05, 0) is 48.0 Å². The van der Waals surface area contributed by atoms with Crippen molar-refractivity contribution in [3.63, 3.8) is 0 Å². The van der Waals surface area contributed by atoms with Crippen LogP contribution in [0, 0.1) is 0 Å². The third kappa shape index (κ3) is 8.67. The van der Waals surface area contributed by atoms with Gasteiger partial charge in [0.15, 0.2) is 5.65 Å². The maximum Gasteiger partial charge on any atom is 0.324 e. The Morgan fingerprint density at radius 1 is 1.09 bits per heavy atom. The van der Waals surface area contributed by atoms with Crippen LogP contribution in [0.15, 0.2) is 12.7 Å². The number of aromatic nitrogens is 4. The molecule has 2 heterocycles. The van der Waals surface area contributed by atoms with Crippen LogP contribution >= 0.6 is 0 Å². The first-order valence-corrected chi connectivity index (χ1v) is 12.1. The molecule has 184 valence electrons. The molecule has 2 aromatic rings. The summed E-state index contributed by atoms with van der Waals surface area (Å²) in [7, 11) is -4.09. The summed E-state index contributed by atoms with van der Waals surface area (Å²) in [5.74, 6) is -1.93. The van der Waals surface area contributed by atoms with Gasteiger partial charge in [0.25, 0.3) is 0 Å². The van der Waals surface area contributed by atoms with Crippen molar-refractivity contribution in [2.75, 3.05) is 5.75 Å². The van der Waals surface area contributed by atoms with Crippen molar-refractivity contribution in [3.8, 4) is 0 Å². The van der Waals surface area contributed by atoms with Gasteiger partial charge in [-0.25, -0.2) is 28.1 Å². The number of sulfonamides is 1. The van der Waals surface area contributed by atoms with Crippen molar-refractivity contribution < 1.29 is 27.5 Å². The minimum absolute atomic E-state index is 0.142. The van der Waals surface area contributed by atoms with Gasteiger partial charge in [-0.3, -0.25) is 9.59 Å². The lowest BCUT2D eigenvalue weighted by Gasteiger charge is -2.25. The Labute approximate surface area is 193 Å². The largest absolute Gasteiger partial charge is 0.460 e. The summed E-state index contributed by atoms with van der Waals surface area (Å²) >= 11 is 0. The third-order valence-corrected chi connectivity index (χ3v) is 5.51. The highest BCUT2D eigenvalue weighted by Crippen LogP contribution is 2.18. The molecule has 0 amide bonds. The fourth-order valence-corrected chi connectivity index (χ4v) is 4.27. The van der Waals surface area contributed by atoms with Crippen LogP contribution in [0.5, 0.6) is 0 Å². The number of hydrogen-bond acceptors (Lipinski definition) is 10. The molecule has 0 radical (unpaired) electrons. The molecule has 2 atom stereocenters. The number of fused-ring (bicyclic) bond motifs is 1. The van der Waals surface area contributed by atoms with Crippen molar-refractivity contribution >= 4 is 33.1 Å². The van der Waals surface area contributed by atoms with Crippen LogP contribution in [0.4, 0.5) is 0 Å². The number of H-pyrrole nitrogens is 1. The molecule has 0 aromatic carbocycles. The van der Waals surface area contributed by atoms with Crippen LogP contribution in [0.1, 0.15) is 66.1 Å². The van der Waals surface area contributed by atoms with Crippen LogP contribution in [-0.2, 0) is 29.1 Å². The first-order chi connectivity index (χ1) is 15.1.